The lowest BCUT2D eigenvalue weighted by molar-refractivity contribution is 0.340. The van der Waals surface area contributed by atoms with Gasteiger partial charge in [0.15, 0.2) is 0 Å². The Morgan fingerprint density at radius 2 is 1.00 bits per heavy atom. The molecule has 1 saturated carbocycles. The monoisotopic (exact) mass is 683 g/mol. The summed E-state index contributed by atoms with van der Waals surface area (Å²) >= 11 is 0. The average molecular weight is 683 g/mol. The van der Waals surface area contributed by atoms with Crippen LogP contribution in [0, 0.1) is 25.7 Å². The van der Waals surface area contributed by atoms with Crippen molar-refractivity contribution in [3.63, 3.8) is 0 Å². The summed E-state index contributed by atoms with van der Waals surface area (Å²) < 4.78 is 0. The molecule has 50 heavy (non-hydrogen) atoms. The second-order valence-electron chi connectivity index (χ2n) is 19.9. The zero-order valence-corrected chi connectivity index (χ0v) is 34.4. The van der Waals surface area contributed by atoms with Gasteiger partial charge in [-0.15, -0.1) is 0 Å². The summed E-state index contributed by atoms with van der Waals surface area (Å²) in [5.41, 5.74) is 9.14. The van der Waals surface area contributed by atoms with Crippen LogP contribution in [-0.2, 0) is 21.7 Å². The van der Waals surface area contributed by atoms with Crippen molar-refractivity contribution in [2.45, 2.75) is 176 Å². The molecule has 0 heterocycles. The van der Waals surface area contributed by atoms with Crippen LogP contribution in [0.1, 0.15) is 190 Å². The van der Waals surface area contributed by atoms with Gasteiger partial charge in [0.1, 0.15) is 17.2 Å². The van der Waals surface area contributed by atoms with Crippen molar-refractivity contribution in [3.05, 3.63) is 86.5 Å². The highest BCUT2D eigenvalue weighted by atomic mass is 16.3. The summed E-state index contributed by atoms with van der Waals surface area (Å²) in [5, 5.41) is 34.3. The van der Waals surface area contributed by atoms with Crippen molar-refractivity contribution >= 4 is 0 Å². The van der Waals surface area contributed by atoms with Gasteiger partial charge >= 0.3 is 0 Å². The first-order valence-electron chi connectivity index (χ1n) is 19.4. The van der Waals surface area contributed by atoms with Crippen LogP contribution in [0.5, 0.6) is 17.2 Å². The number of phenols is 3. The van der Waals surface area contributed by atoms with E-state index in [1.807, 2.05) is 12.1 Å². The van der Waals surface area contributed by atoms with Crippen LogP contribution < -0.4 is 0 Å². The Labute approximate surface area is 306 Å². The van der Waals surface area contributed by atoms with Gasteiger partial charge < -0.3 is 15.3 Å². The summed E-state index contributed by atoms with van der Waals surface area (Å²) in [6.45, 7) is 33.3. The smallest absolute Gasteiger partial charge is 0.123 e. The van der Waals surface area contributed by atoms with Crippen LogP contribution in [-0.4, -0.2) is 15.3 Å². The summed E-state index contributed by atoms with van der Waals surface area (Å²) in [5.74, 6) is 2.92. The molecule has 3 aromatic rings. The van der Waals surface area contributed by atoms with Crippen LogP contribution in [0.3, 0.4) is 0 Å². The Kier molecular flexibility index (Phi) is 11.3. The lowest BCUT2D eigenvalue weighted by Gasteiger charge is -2.36. The van der Waals surface area contributed by atoms with Crippen molar-refractivity contribution in [2.24, 2.45) is 11.8 Å². The number of hydrogen-bond donors (Lipinski definition) is 3. The Morgan fingerprint density at radius 1 is 0.580 bits per heavy atom. The zero-order chi connectivity index (χ0) is 37.7. The number of benzene rings is 3. The lowest BCUT2D eigenvalue weighted by Crippen LogP contribution is -2.26. The molecule has 1 atom stereocenters. The minimum absolute atomic E-state index is 0.113. The van der Waals surface area contributed by atoms with Gasteiger partial charge in [-0.05, 0) is 136 Å². The maximum absolute atomic E-state index is 11.9. The van der Waals surface area contributed by atoms with Gasteiger partial charge in [-0.25, -0.2) is 0 Å². The maximum Gasteiger partial charge on any atom is 0.123 e. The maximum atomic E-state index is 11.9. The van der Waals surface area contributed by atoms with E-state index >= 15 is 0 Å². The van der Waals surface area contributed by atoms with Crippen molar-refractivity contribution < 1.29 is 15.3 Å². The van der Waals surface area contributed by atoms with E-state index in [4.69, 9.17) is 0 Å². The first-order chi connectivity index (χ1) is 22.8. The highest BCUT2D eigenvalue weighted by Gasteiger charge is 2.35. The Balaban J connectivity index is 1.73. The van der Waals surface area contributed by atoms with Gasteiger partial charge in [0.25, 0.3) is 0 Å². The van der Waals surface area contributed by atoms with Crippen molar-refractivity contribution in [1.29, 1.82) is 0 Å². The second-order valence-corrected chi connectivity index (χ2v) is 19.9. The Bertz CT molecular complexity index is 1670. The van der Waals surface area contributed by atoms with E-state index < -0.39 is 0 Å². The second kappa shape index (κ2) is 14.2. The minimum atomic E-state index is -0.314. The fourth-order valence-corrected chi connectivity index (χ4v) is 8.59. The normalized spacial score (nSPS) is 18.5. The van der Waals surface area contributed by atoms with Crippen LogP contribution in [0.4, 0.5) is 0 Å². The largest absolute Gasteiger partial charge is 0.508 e. The van der Waals surface area contributed by atoms with Crippen molar-refractivity contribution in [2.75, 3.05) is 0 Å². The molecule has 1 unspecified atom stereocenters. The molecular weight excluding hydrogens is 613 g/mol. The van der Waals surface area contributed by atoms with E-state index in [2.05, 4.69) is 128 Å². The number of hydrogen-bond acceptors (Lipinski definition) is 3. The molecule has 0 spiro atoms. The van der Waals surface area contributed by atoms with Gasteiger partial charge in [0.2, 0.25) is 0 Å². The van der Waals surface area contributed by atoms with Crippen molar-refractivity contribution in [3.8, 4) is 17.2 Å². The van der Waals surface area contributed by atoms with Crippen LogP contribution in [0.25, 0.3) is 0 Å². The van der Waals surface area contributed by atoms with E-state index in [-0.39, 0.29) is 27.6 Å². The van der Waals surface area contributed by atoms with Crippen LogP contribution in [0.15, 0.2) is 36.4 Å². The quantitative estimate of drug-likeness (QED) is 0.210. The molecule has 1 aliphatic rings. The van der Waals surface area contributed by atoms with E-state index in [1.54, 1.807) is 0 Å². The number of rotatable bonds is 9. The molecule has 1 fully saturated rings. The molecule has 3 aromatic carbocycles. The molecule has 0 bridgehead atoms. The average Bonchev–Trinajstić information content (AvgIpc) is 2.97. The summed E-state index contributed by atoms with van der Waals surface area (Å²) in [7, 11) is 0. The van der Waals surface area contributed by atoms with Gasteiger partial charge in [-0.1, -0.05) is 127 Å². The molecule has 0 radical (unpaired) electrons. The first kappa shape index (κ1) is 39.8. The predicted octanol–water partition coefficient (Wildman–Crippen LogP) is 13.1. The topological polar surface area (TPSA) is 60.7 Å². The summed E-state index contributed by atoms with van der Waals surface area (Å²) in [4.78, 5) is 0. The van der Waals surface area contributed by atoms with Gasteiger partial charge in [0.05, 0.1) is 0 Å². The number of aromatic hydroxyl groups is 3. The summed E-state index contributed by atoms with van der Waals surface area (Å²) in [6.07, 6.45) is 6.70. The van der Waals surface area contributed by atoms with Gasteiger partial charge in [-0.2, -0.15) is 0 Å². The van der Waals surface area contributed by atoms with Crippen LogP contribution >= 0.6 is 0 Å². The molecule has 4 rings (SSSR count). The molecular formula is C47H70O3. The predicted molar refractivity (Wildman–Crippen MR) is 214 cm³/mol. The molecule has 0 aromatic heterocycles. The Morgan fingerprint density at radius 3 is 1.46 bits per heavy atom. The molecule has 0 saturated heterocycles. The van der Waals surface area contributed by atoms with E-state index in [9.17, 15) is 15.3 Å². The van der Waals surface area contributed by atoms with E-state index in [0.717, 1.165) is 52.1 Å². The number of aryl methyl sites for hydroxylation is 2. The standard InChI is InChI=1S/C47H70O3/c1-28(2)42(34-26-36(44(6,7)8)40(48)22-30(34)4)35-27-37(41(49)23-31(35)5)46(12,13)20-21-47(14,15)39-25-33(32-18-16-29(3)17-19-32)24-38(43(39)50)45(9,10)11/h22-29,32,42,48-50H,16-21H2,1-15H3. The third-order valence-electron chi connectivity index (χ3n) is 12.2. The zero-order valence-electron chi connectivity index (χ0n) is 34.4. The highest BCUT2D eigenvalue weighted by molar-refractivity contribution is 5.54. The fourth-order valence-electron chi connectivity index (χ4n) is 8.59. The summed E-state index contributed by atoms with van der Waals surface area (Å²) in [6, 6.07) is 13.0. The third kappa shape index (κ3) is 8.40. The lowest BCUT2D eigenvalue weighted by atomic mass is 9.69. The molecule has 3 N–H and O–H groups in total. The van der Waals surface area contributed by atoms with Crippen molar-refractivity contribution in [1.82, 2.24) is 0 Å². The molecule has 0 amide bonds. The highest BCUT2D eigenvalue weighted by Crippen LogP contribution is 2.48. The molecule has 0 aliphatic heterocycles. The van der Waals surface area contributed by atoms with E-state index in [1.165, 1.54) is 42.4 Å². The van der Waals surface area contributed by atoms with Crippen LogP contribution in [0.2, 0.25) is 0 Å². The third-order valence-corrected chi connectivity index (χ3v) is 12.2. The van der Waals surface area contributed by atoms with E-state index in [0.29, 0.717) is 29.1 Å². The number of phenolic OH excluding ortho intramolecular Hbond substituents is 3. The SMILES string of the molecule is Cc1cc(O)c(C(C)(C)C)cc1C(c1cc(C(C)(C)CCC(C)(C)c2cc(C3CCC(C)CC3)cc(C(C)(C)C)c2O)c(O)cc1C)C(C)C. The fraction of sp³-hybridized carbons (Fsp3) is 0.617. The molecule has 3 nitrogen and oxygen atoms in total. The minimum Gasteiger partial charge on any atom is -0.508 e. The molecule has 1 aliphatic carbocycles. The van der Waals surface area contributed by atoms with Gasteiger partial charge in [-0.3, -0.25) is 0 Å². The Hall–Kier alpha value is -2.94. The van der Waals surface area contributed by atoms with Gasteiger partial charge in [0, 0.05) is 11.5 Å². The molecule has 3 heteroatoms. The molecule has 276 valence electrons. The first-order valence-corrected chi connectivity index (χ1v) is 19.4.